The molecule has 0 aliphatic rings. The molecule has 1 N–H and O–H groups in total. The van der Waals surface area contributed by atoms with Gasteiger partial charge in [0.25, 0.3) is 10.0 Å². The Bertz CT molecular complexity index is 1020. The van der Waals surface area contributed by atoms with Crippen LogP contribution in [0.3, 0.4) is 0 Å². The summed E-state index contributed by atoms with van der Waals surface area (Å²) in [6.07, 6.45) is 0. The Morgan fingerprint density at radius 1 is 1.15 bits per heavy atom. The molecule has 3 rings (SSSR count). The van der Waals surface area contributed by atoms with Gasteiger partial charge < -0.3 is 4.74 Å². The fraction of sp³-hybridized carbons (Fsp3) is 0.118. The van der Waals surface area contributed by atoms with E-state index in [0.717, 1.165) is 5.56 Å². The summed E-state index contributed by atoms with van der Waals surface area (Å²) in [5.41, 5.74) is 1.51. The normalized spacial score (nSPS) is 11.3. The van der Waals surface area contributed by atoms with Crippen LogP contribution in [0.4, 0.5) is 5.13 Å². The minimum absolute atomic E-state index is 0.0363. The van der Waals surface area contributed by atoms with Crippen LogP contribution in [0.15, 0.2) is 52.7 Å². The topological polar surface area (TPSA) is 68.3 Å². The van der Waals surface area contributed by atoms with Gasteiger partial charge in [-0.3, -0.25) is 4.72 Å². The van der Waals surface area contributed by atoms with Crippen molar-refractivity contribution in [3.8, 4) is 17.0 Å². The van der Waals surface area contributed by atoms with E-state index in [0.29, 0.717) is 23.1 Å². The highest BCUT2D eigenvalue weighted by atomic mass is 35.5. The van der Waals surface area contributed by atoms with Crippen molar-refractivity contribution in [2.24, 2.45) is 0 Å². The molecule has 0 atom stereocenters. The highest BCUT2D eigenvalue weighted by molar-refractivity contribution is 7.93. The van der Waals surface area contributed by atoms with E-state index in [2.05, 4.69) is 9.71 Å². The van der Waals surface area contributed by atoms with Gasteiger partial charge in [-0.05, 0) is 37.3 Å². The van der Waals surface area contributed by atoms with Crippen LogP contribution in [0.5, 0.6) is 5.75 Å². The maximum Gasteiger partial charge on any atom is 0.263 e. The second-order valence-corrected chi connectivity index (χ2v) is 8.56. The molecule has 0 saturated heterocycles. The maximum atomic E-state index is 12.6. The molecular formula is C17H14Cl2N2O3S2. The first-order valence-corrected chi connectivity index (χ1v) is 10.7. The lowest BCUT2D eigenvalue weighted by atomic mass is 10.2. The van der Waals surface area contributed by atoms with Crippen molar-refractivity contribution in [1.29, 1.82) is 0 Å². The van der Waals surface area contributed by atoms with Gasteiger partial charge in [0.2, 0.25) is 0 Å². The number of hydrogen-bond donors (Lipinski definition) is 1. The number of ether oxygens (including phenoxy) is 1. The summed E-state index contributed by atoms with van der Waals surface area (Å²) in [6.45, 7) is 2.26. The van der Waals surface area contributed by atoms with Gasteiger partial charge in [-0.15, -0.1) is 11.3 Å². The SMILES string of the molecule is CCOc1ccc(S(=O)(=O)Nc2nc(-c3ccc(Cl)cc3)cs2)cc1Cl. The molecule has 0 aliphatic carbocycles. The molecule has 0 bridgehead atoms. The van der Waals surface area contributed by atoms with E-state index in [9.17, 15) is 8.42 Å². The number of anilines is 1. The predicted molar refractivity (Wildman–Crippen MR) is 106 cm³/mol. The molecular weight excluding hydrogens is 415 g/mol. The van der Waals surface area contributed by atoms with Crippen LogP contribution in [0.1, 0.15) is 6.92 Å². The Labute approximate surface area is 165 Å². The zero-order valence-corrected chi connectivity index (χ0v) is 16.7. The summed E-state index contributed by atoms with van der Waals surface area (Å²) in [6, 6.07) is 11.5. The Morgan fingerprint density at radius 2 is 1.88 bits per heavy atom. The van der Waals surface area contributed by atoms with E-state index in [-0.39, 0.29) is 15.0 Å². The Morgan fingerprint density at radius 3 is 2.54 bits per heavy atom. The monoisotopic (exact) mass is 428 g/mol. The second kappa shape index (κ2) is 7.84. The number of nitrogens with one attached hydrogen (secondary N) is 1. The third-order valence-electron chi connectivity index (χ3n) is 3.38. The molecule has 9 heteroatoms. The highest BCUT2D eigenvalue weighted by Gasteiger charge is 2.18. The molecule has 1 heterocycles. The lowest BCUT2D eigenvalue weighted by molar-refractivity contribution is 0.340. The summed E-state index contributed by atoms with van der Waals surface area (Å²) in [4.78, 5) is 4.35. The van der Waals surface area contributed by atoms with Gasteiger partial charge in [0.15, 0.2) is 5.13 Å². The number of nitrogens with zero attached hydrogens (tertiary/aromatic N) is 1. The third kappa shape index (κ3) is 4.29. The van der Waals surface area contributed by atoms with E-state index in [4.69, 9.17) is 27.9 Å². The van der Waals surface area contributed by atoms with E-state index < -0.39 is 10.0 Å². The summed E-state index contributed by atoms with van der Waals surface area (Å²) in [5, 5.41) is 2.89. The summed E-state index contributed by atoms with van der Waals surface area (Å²) < 4.78 is 32.9. The highest BCUT2D eigenvalue weighted by Crippen LogP contribution is 2.30. The molecule has 0 fully saturated rings. The number of sulfonamides is 1. The largest absolute Gasteiger partial charge is 0.492 e. The molecule has 0 spiro atoms. The molecule has 0 aliphatic heterocycles. The van der Waals surface area contributed by atoms with Gasteiger partial charge in [-0.25, -0.2) is 13.4 Å². The number of thiazole rings is 1. The molecule has 5 nitrogen and oxygen atoms in total. The summed E-state index contributed by atoms with van der Waals surface area (Å²) in [7, 11) is -3.81. The van der Waals surface area contributed by atoms with Crippen LogP contribution in [0, 0.1) is 0 Å². The van der Waals surface area contributed by atoms with Gasteiger partial charge in [0.05, 0.1) is 22.2 Å². The van der Waals surface area contributed by atoms with Crippen molar-refractivity contribution in [3.63, 3.8) is 0 Å². The smallest absolute Gasteiger partial charge is 0.263 e. The quantitative estimate of drug-likeness (QED) is 0.576. The van der Waals surface area contributed by atoms with Crippen LogP contribution < -0.4 is 9.46 Å². The van der Waals surface area contributed by atoms with Crippen molar-refractivity contribution in [2.75, 3.05) is 11.3 Å². The molecule has 0 saturated carbocycles. The first-order chi connectivity index (χ1) is 12.4. The fourth-order valence-electron chi connectivity index (χ4n) is 2.17. The number of benzene rings is 2. The molecule has 1 aromatic heterocycles. The van der Waals surface area contributed by atoms with E-state index in [1.807, 2.05) is 19.1 Å². The Kier molecular flexibility index (Phi) is 5.72. The first kappa shape index (κ1) is 19.0. The lowest BCUT2D eigenvalue weighted by Crippen LogP contribution is -2.12. The molecule has 136 valence electrons. The van der Waals surface area contributed by atoms with Gasteiger partial charge >= 0.3 is 0 Å². The number of hydrogen-bond acceptors (Lipinski definition) is 5. The second-order valence-electron chi connectivity index (χ2n) is 5.18. The van der Waals surface area contributed by atoms with Crippen molar-refractivity contribution in [2.45, 2.75) is 11.8 Å². The lowest BCUT2D eigenvalue weighted by Gasteiger charge is -2.09. The van der Waals surface area contributed by atoms with Crippen LogP contribution in [-0.2, 0) is 10.0 Å². The maximum absolute atomic E-state index is 12.6. The van der Waals surface area contributed by atoms with E-state index in [1.54, 1.807) is 17.5 Å². The number of aromatic nitrogens is 1. The average molecular weight is 429 g/mol. The Hall–Kier alpha value is -1.80. The van der Waals surface area contributed by atoms with Crippen molar-refractivity contribution < 1.29 is 13.2 Å². The summed E-state index contributed by atoms with van der Waals surface area (Å²) >= 11 is 13.1. The van der Waals surface area contributed by atoms with Gasteiger partial charge in [0, 0.05) is 16.0 Å². The molecule has 2 aromatic carbocycles. The van der Waals surface area contributed by atoms with Crippen LogP contribution >= 0.6 is 34.5 Å². The fourth-order valence-corrected chi connectivity index (χ4v) is 4.59. The zero-order chi connectivity index (χ0) is 18.7. The average Bonchev–Trinajstić information content (AvgIpc) is 3.05. The zero-order valence-electron chi connectivity index (χ0n) is 13.6. The molecule has 3 aromatic rings. The van der Waals surface area contributed by atoms with E-state index >= 15 is 0 Å². The summed E-state index contributed by atoms with van der Waals surface area (Å²) in [5.74, 6) is 0.437. The minimum Gasteiger partial charge on any atom is -0.492 e. The standard InChI is InChI=1S/C17H14Cl2N2O3S2/c1-2-24-16-8-7-13(9-14(16)19)26(22,23)21-17-20-15(10-25-17)11-3-5-12(18)6-4-11/h3-10H,2H2,1H3,(H,20,21). The van der Waals surface area contributed by atoms with Crippen LogP contribution in [-0.4, -0.2) is 20.0 Å². The van der Waals surface area contributed by atoms with E-state index in [1.165, 1.54) is 29.5 Å². The minimum atomic E-state index is -3.81. The number of rotatable bonds is 6. The van der Waals surface area contributed by atoms with Crippen molar-refractivity contribution in [1.82, 2.24) is 4.98 Å². The Balaban J connectivity index is 1.82. The van der Waals surface area contributed by atoms with Gasteiger partial charge in [-0.2, -0.15) is 0 Å². The number of halogens is 2. The molecule has 0 unspecified atom stereocenters. The molecule has 0 amide bonds. The van der Waals surface area contributed by atoms with Crippen LogP contribution in [0.2, 0.25) is 10.0 Å². The van der Waals surface area contributed by atoms with Crippen molar-refractivity contribution >= 4 is 49.7 Å². The predicted octanol–water partition coefficient (Wildman–Crippen LogP) is 5.32. The molecule has 0 radical (unpaired) electrons. The third-order valence-corrected chi connectivity index (χ3v) is 6.15. The van der Waals surface area contributed by atoms with Gasteiger partial charge in [0.1, 0.15) is 5.75 Å². The van der Waals surface area contributed by atoms with Crippen LogP contribution in [0.25, 0.3) is 11.3 Å². The first-order valence-electron chi connectivity index (χ1n) is 7.55. The van der Waals surface area contributed by atoms with Gasteiger partial charge in [-0.1, -0.05) is 35.3 Å². The molecule has 26 heavy (non-hydrogen) atoms. The van der Waals surface area contributed by atoms with Crippen molar-refractivity contribution in [3.05, 3.63) is 57.9 Å².